The molecule has 0 fully saturated rings. The third kappa shape index (κ3) is 1.28. The van der Waals surface area contributed by atoms with E-state index in [0.717, 1.165) is 11.4 Å². The summed E-state index contributed by atoms with van der Waals surface area (Å²) in [7, 11) is 0. The standard InChI is InChI=1S/C10H10N2/c1-8-2-4-9-10(5-3-8)12-7-6-11-9/h2-8H,1H3. The first-order valence-corrected chi connectivity index (χ1v) is 4.03. The molecule has 1 aromatic heterocycles. The van der Waals surface area contributed by atoms with Crippen molar-refractivity contribution >= 4 is 12.2 Å². The maximum Gasteiger partial charge on any atom is 0.0883 e. The molecule has 0 aromatic carbocycles. The van der Waals surface area contributed by atoms with Crippen LogP contribution >= 0.6 is 0 Å². The van der Waals surface area contributed by atoms with Gasteiger partial charge in [-0.1, -0.05) is 19.1 Å². The Bertz CT molecular complexity index is 306. The van der Waals surface area contributed by atoms with E-state index in [1.165, 1.54) is 0 Å². The van der Waals surface area contributed by atoms with Crippen molar-refractivity contribution in [2.24, 2.45) is 5.92 Å². The number of rotatable bonds is 0. The molecule has 0 aliphatic heterocycles. The molecular weight excluding hydrogens is 148 g/mol. The molecule has 60 valence electrons. The van der Waals surface area contributed by atoms with Crippen LogP contribution in [-0.2, 0) is 0 Å². The molecule has 0 unspecified atom stereocenters. The molecule has 2 heteroatoms. The average molecular weight is 158 g/mol. The average Bonchev–Trinajstić information content (AvgIpc) is 2.29. The topological polar surface area (TPSA) is 25.8 Å². The molecule has 1 aliphatic carbocycles. The summed E-state index contributed by atoms with van der Waals surface area (Å²) in [5, 5.41) is 0. The minimum atomic E-state index is 0.473. The maximum atomic E-state index is 4.21. The van der Waals surface area contributed by atoms with Gasteiger partial charge < -0.3 is 0 Å². The highest BCUT2D eigenvalue weighted by Crippen LogP contribution is 2.14. The highest BCUT2D eigenvalue weighted by atomic mass is 14.8. The first-order valence-electron chi connectivity index (χ1n) is 4.03. The first-order chi connectivity index (χ1) is 5.86. The van der Waals surface area contributed by atoms with Crippen LogP contribution in [0, 0.1) is 5.92 Å². The van der Waals surface area contributed by atoms with Crippen LogP contribution in [0.1, 0.15) is 18.3 Å². The number of nitrogens with zero attached hydrogens (tertiary/aromatic N) is 2. The van der Waals surface area contributed by atoms with Crippen molar-refractivity contribution < 1.29 is 0 Å². The molecular formula is C10H10N2. The van der Waals surface area contributed by atoms with Gasteiger partial charge in [0.05, 0.1) is 11.4 Å². The third-order valence-corrected chi connectivity index (χ3v) is 1.87. The normalized spacial score (nSPS) is 15.8. The Labute approximate surface area is 71.7 Å². The Hall–Kier alpha value is -1.44. The lowest BCUT2D eigenvalue weighted by Crippen LogP contribution is -1.87. The minimum Gasteiger partial charge on any atom is -0.253 e. The minimum absolute atomic E-state index is 0.473. The molecule has 12 heavy (non-hydrogen) atoms. The molecule has 2 rings (SSSR count). The van der Waals surface area contributed by atoms with Gasteiger partial charge in [-0.15, -0.1) is 0 Å². The van der Waals surface area contributed by atoms with Crippen molar-refractivity contribution in [2.75, 3.05) is 0 Å². The molecule has 0 saturated carbocycles. The summed E-state index contributed by atoms with van der Waals surface area (Å²) in [5.74, 6) is 0.473. The van der Waals surface area contributed by atoms with Gasteiger partial charge in [-0.3, -0.25) is 9.97 Å². The molecule has 0 radical (unpaired) electrons. The van der Waals surface area contributed by atoms with Gasteiger partial charge in [0.25, 0.3) is 0 Å². The second-order valence-electron chi connectivity index (χ2n) is 2.90. The molecule has 0 N–H and O–H groups in total. The molecule has 0 bridgehead atoms. The van der Waals surface area contributed by atoms with Crippen molar-refractivity contribution in [3.05, 3.63) is 35.9 Å². The fraction of sp³-hybridized carbons (Fsp3) is 0.200. The lowest BCUT2D eigenvalue weighted by Gasteiger charge is -1.94. The predicted molar refractivity (Wildman–Crippen MR) is 49.3 cm³/mol. The van der Waals surface area contributed by atoms with Crippen LogP contribution in [0.15, 0.2) is 24.5 Å². The van der Waals surface area contributed by atoms with Crippen LogP contribution in [0.3, 0.4) is 0 Å². The molecule has 1 heterocycles. The highest BCUT2D eigenvalue weighted by Gasteiger charge is 2.02. The Morgan fingerprint density at radius 1 is 1.00 bits per heavy atom. The number of hydrogen-bond donors (Lipinski definition) is 0. The SMILES string of the molecule is CC1C=Cc2nccnc2C=C1. The maximum absolute atomic E-state index is 4.21. The highest BCUT2D eigenvalue weighted by molar-refractivity contribution is 5.61. The predicted octanol–water partition coefficient (Wildman–Crippen LogP) is 2.15. The van der Waals surface area contributed by atoms with E-state index in [9.17, 15) is 0 Å². The van der Waals surface area contributed by atoms with E-state index in [1.54, 1.807) is 12.4 Å². The van der Waals surface area contributed by atoms with Gasteiger partial charge in [0, 0.05) is 12.4 Å². The number of allylic oxidation sites excluding steroid dienone is 2. The molecule has 0 amide bonds. The monoisotopic (exact) mass is 158 g/mol. The van der Waals surface area contributed by atoms with Gasteiger partial charge in [-0.25, -0.2) is 0 Å². The fourth-order valence-electron chi connectivity index (χ4n) is 1.17. The van der Waals surface area contributed by atoms with E-state index in [2.05, 4.69) is 29.0 Å². The number of hydrogen-bond acceptors (Lipinski definition) is 2. The fourth-order valence-corrected chi connectivity index (χ4v) is 1.17. The van der Waals surface area contributed by atoms with Crippen LogP contribution in [0.2, 0.25) is 0 Å². The van der Waals surface area contributed by atoms with Crippen LogP contribution < -0.4 is 0 Å². The first kappa shape index (κ1) is 7.22. The van der Waals surface area contributed by atoms with Crippen LogP contribution in [0.5, 0.6) is 0 Å². The van der Waals surface area contributed by atoms with Crippen LogP contribution in [0.4, 0.5) is 0 Å². The van der Waals surface area contributed by atoms with E-state index in [4.69, 9.17) is 0 Å². The Morgan fingerprint density at radius 3 is 2.00 bits per heavy atom. The summed E-state index contributed by atoms with van der Waals surface area (Å²) >= 11 is 0. The van der Waals surface area contributed by atoms with Crippen molar-refractivity contribution in [3.8, 4) is 0 Å². The summed E-state index contributed by atoms with van der Waals surface area (Å²) in [4.78, 5) is 8.43. The van der Waals surface area contributed by atoms with E-state index in [1.807, 2.05) is 12.2 Å². The van der Waals surface area contributed by atoms with Crippen LogP contribution in [-0.4, -0.2) is 9.97 Å². The van der Waals surface area contributed by atoms with E-state index < -0.39 is 0 Å². The van der Waals surface area contributed by atoms with Gasteiger partial charge in [-0.05, 0) is 18.1 Å². The summed E-state index contributed by atoms with van der Waals surface area (Å²) in [6, 6.07) is 0. The lowest BCUT2D eigenvalue weighted by molar-refractivity contribution is 0.953. The van der Waals surface area contributed by atoms with Gasteiger partial charge in [-0.2, -0.15) is 0 Å². The largest absolute Gasteiger partial charge is 0.253 e. The molecule has 1 aromatic rings. The molecule has 0 spiro atoms. The smallest absolute Gasteiger partial charge is 0.0883 e. The lowest BCUT2D eigenvalue weighted by atomic mass is 10.2. The molecule has 0 atom stereocenters. The van der Waals surface area contributed by atoms with Crippen LogP contribution in [0.25, 0.3) is 12.2 Å². The van der Waals surface area contributed by atoms with Gasteiger partial charge in [0.2, 0.25) is 0 Å². The Balaban J connectivity index is 2.52. The Morgan fingerprint density at radius 2 is 1.50 bits per heavy atom. The summed E-state index contributed by atoms with van der Waals surface area (Å²) in [6.45, 7) is 2.14. The molecule has 2 nitrogen and oxygen atoms in total. The van der Waals surface area contributed by atoms with Crippen molar-refractivity contribution in [2.45, 2.75) is 6.92 Å². The quantitative estimate of drug-likeness (QED) is 0.578. The zero-order valence-electron chi connectivity index (χ0n) is 6.94. The van der Waals surface area contributed by atoms with Crippen molar-refractivity contribution in [1.29, 1.82) is 0 Å². The number of fused-ring (bicyclic) bond motifs is 1. The third-order valence-electron chi connectivity index (χ3n) is 1.87. The second-order valence-corrected chi connectivity index (χ2v) is 2.90. The summed E-state index contributed by atoms with van der Waals surface area (Å²) < 4.78 is 0. The second kappa shape index (κ2) is 2.89. The zero-order valence-corrected chi connectivity index (χ0v) is 6.94. The number of aromatic nitrogens is 2. The zero-order chi connectivity index (χ0) is 8.39. The Kier molecular flexibility index (Phi) is 1.74. The summed E-state index contributed by atoms with van der Waals surface area (Å²) in [5.41, 5.74) is 1.91. The van der Waals surface area contributed by atoms with E-state index >= 15 is 0 Å². The molecule has 0 saturated heterocycles. The van der Waals surface area contributed by atoms with E-state index in [0.29, 0.717) is 5.92 Å². The van der Waals surface area contributed by atoms with E-state index in [-0.39, 0.29) is 0 Å². The van der Waals surface area contributed by atoms with Crippen molar-refractivity contribution in [1.82, 2.24) is 9.97 Å². The van der Waals surface area contributed by atoms with Crippen molar-refractivity contribution in [3.63, 3.8) is 0 Å². The van der Waals surface area contributed by atoms with Gasteiger partial charge >= 0.3 is 0 Å². The summed E-state index contributed by atoms with van der Waals surface area (Å²) in [6.07, 6.45) is 11.7. The van der Waals surface area contributed by atoms with Gasteiger partial charge in [0.15, 0.2) is 0 Å². The van der Waals surface area contributed by atoms with Gasteiger partial charge in [0.1, 0.15) is 0 Å². The molecule has 1 aliphatic rings.